The third-order valence-electron chi connectivity index (χ3n) is 3.17. The highest BCUT2D eigenvalue weighted by atomic mass is 35.5. The van der Waals surface area contributed by atoms with Gasteiger partial charge in [0.05, 0.1) is 24.0 Å². The number of rotatable bonds is 2. The molecule has 5 nitrogen and oxygen atoms in total. The minimum Gasteiger partial charge on any atom is -0.354 e. The maximum Gasteiger partial charge on any atom is 0.146 e. The fraction of sp³-hybridized carbons (Fsp3) is 0.417. The third kappa shape index (κ3) is 1.84. The Morgan fingerprint density at radius 3 is 3.22 bits per heavy atom. The fourth-order valence-corrected chi connectivity index (χ4v) is 2.51. The first kappa shape index (κ1) is 11.5. The number of hydrogen-bond donors (Lipinski definition) is 0. The van der Waals surface area contributed by atoms with E-state index in [0.29, 0.717) is 11.6 Å². The Bertz CT molecular complexity index is 618. The van der Waals surface area contributed by atoms with Crippen LogP contribution in [0.5, 0.6) is 0 Å². The van der Waals surface area contributed by atoms with Crippen LogP contribution < -0.4 is 0 Å². The second-order valence-electron chi connectivity index (χ2n) is 4.28. The van der Waals surface area contributed by atoms with Crippen LogP contribution in [-0.2, 0) is 4.74 Å². The molecule has 92 valence electrons. The van der Waals surface area contributed by atoms with Gasteiger partial charge in [0.2, 0.25) is 0 Å². The summed E-state index contributed by atoms with van der Waals surface area (Å²) in [5, 5.41) is 9.95. The standard InChI is InChI=1S/C12H11ClN4O/c13-11-9-4-6-17(12(9)16-7-15-11)10-2-1-8(18-10)3-5-14/h4,6-8,10H,1-3H2/t8-,10+/m0/s1. The van der Waals surface area contributed by atoms with Crippen molar-refractivity contribution in [1.82, 2.24) is 14.5 Å². The largest absolute Gasteiger partial charge is 0.354 e. The predicted octanol–water partition coefficient (Wildman–Crippen LogP) is 2.68. The molecular formula is C12H11ClN4O. The van der Waals surface area contributed by atoms with E-state index in [-0.39, 0.29) is 12.3 Å². The molecule has 0 radical (unpaired) electrons. The predicted molar refractivity (Wildman–Crippen MR) is 65.9 cm³/mol. The summed E-state index contributed by atoms with van der Waals surface area (Å²) in [4.78, 5) is 8.19. The Morgan fingerprint density at radius 2 is 2.39 bits per heavy atom. The van der Waals surface area contributed by atoms with Gasteiger partial charge in [0, 0.05) is 6.20 Å². The van der Waals surface area contributed by atoms with Gasteiger partial charge in [0.1, 0.15) is 23.4 Å². The average molecular weight is 263 g/mol. The molecule has 0 N–H and O–H groups in total. The van der Waals surface area contributed by atoms with E-state index in [4.69, 9.17) is 21.6 Å². The van der Waals surface area contributed by atoms with Crippen LogP contribution in [0, 0.1) is 11.3 Å². The van der Waals surface area contributed by atoms with Gasteiger partial charge in [0.25, 0.3) is 0 Å². The van der Waals surface area contributed by atoms with Crippen LogP contribution in [0.25, 0.3) is 11.0 Å². The topological polar surface area (TPSA) is 63.7 Å². The number of halogens is 1. The highest BCUT2D eigenvalue weighted by molar-refractivity contribution is 6.33. The van der Waals surface area contributed by atoms with Crippen LogP contribution in [-0.4, -0.2) is 20.6 Å². The van der Waals surface area contributed by atoms with Crippen molar-refractivity contribution in [2.75, 3.05) is 0 Å². The molecule has 0 bridgehead atoms. The van der Waals surface area contributed by atoms with Crippen molar-refractivity contribution >= 4 is 22.6 Å². The summed E-state index contributed by atoms with van der Waals surface area (Å²) in [7, 11) is 0. The lowest BCUT2D eigenvalue weighted by Crippen LogP contribution is -2.10. The Kier molecular flexibility index (Phi) is 2.90. The van der Waals surface area contributed by atoms with Gasteiger partial charge in [-0.05, 0) is 18.9 Å². The van der Waals surface area contributed by atoms with Gasteiger partial charge in [-0.3, -0.25) is 0 Å². The summed E-state index contributed by atoms with van der Waals surface area (Å²) in [5.74, 6) is 0. The number of ether oxygens (including phenoxy) is 1. The third-order valence-corrected chi connectivity index (χ3v) is 3.48. The molecule has 3 rings (SSSR count). The smallest absolute Gasteiger partial charge is 0.146 e. The lowest BCUT2D eigenvalue weighted by atomic mass is 10.2. The highest BCUT2D eigenvalue weighted by Crippen LogP contribution is 2.33. The molecule has 6 heteroatoms. The molecule has 1 aliphatic heterocycles. The van der Waals surface area contributed by atoms with E-state index in [1.165, 1.54) is 6.33 Å². The zero-order chi connectivity index (χ0) is 12.5. The SMILES string of the molecule is N#CC[C@@H]1CC[C@H](n2ccc3c(Cl)ncnc32)O1. The second kappa shape index (κ2) is 4.56. The van der Waals surface area contributed by atoms with Gasteiger partial charge in [-0.25, -0.2) is 9.97 Å². The lowest BCUT2D eigenvalue weighted by molar-refractivity contribution is 0.00700. The quantitative estimate of drug-likeness (QED) is 0.781. The van der Waals surface area contributed by atoms with Crippen molar-refractivity contribution < 1.29 is 4.74 Å². The van der Waals surface area contributed by atoms with E-state index in [0.717, 1.165) is 23.9 Å². The minimum atomic E-state index is -0.0631. The van der Waals surface area contributed by atoms with Gasteiger partial charge >= 0.3 is 0 Å². The van der Waals surface area contributed by atoms with E-state index in [1.54, 1.807) is 0 Å². The van der Waals surface area contributed by atoms with Crippen molar-refractivity contribution in [3.63, 3.8) is 0 Å². The molecule has 1 fully saturated rings. The molecule has 2 aromatic rings. The van der Waals surface area contributed by atoms with Crippen molar-refractivity contribution in [3.8, 4) is 6.07 Å². The van der Waals surface area contributed by atoms with E-state index < -0.39 is 0 Å². The van der Waals surface area contributed by atoms with Crippen LogP contribution in [0.3, 0.4) is 0 Å². The first-order valence-electron chi connectivity index (χ1n) is 5.79. The molecule has 0 aliphatic carbocycles. The van der Waals surface area contributed by atoms with Gasteiger partial charge in [-0.2, -0.15) is 5.26 Å². The summed E-state index contributed by atoms with van der Waals surface area (Å²) in [6, 6.07) is 4.03. The first-order chi connectivity index (χ1) is 8.79. The zero-order valence-corrected chi connectivity index (χ0v) is 10.3. The van der Waals surface area contributed by atoms with Gasteiger partial charge < -0.3 is 9.30 Å². The number of fused-ring (bicyclic) bond motifs is 1. The van der Waals surface area contributed by atoms with Crippen LogP contribution in [0.4, 0.5) is 0 Å². The maximum absolute atomic E-state index is 8.68. The Balaban J connectivity index is 1.92. The molecule has 3 heterocycles. The van der Waals surface area contributed by atoms with Crippen LogP contribution in [0.15, 0.2) is 18.6 Å². The van der Waals surface area contributed by atoms with Gasteiger partial charge in [-0.1, -0.05) is 11.6 Å². The van der Waals surface area contributed by atoms with E-state index in [2.05, 4.69) is 16.0 Å². The van der Waals surface area contributed by atoms with E-state index in [1.807, 2.05) is 16.8 Å². The fourth-order valence-electron chi connectivity index (χ4n) is 2.32. The van der Waals surface area contributed by atoms with Crippen LogP contribution in [0.1, 0.15) is 25.5 Å². The summed E-state index contributed by atoms with van der Waals surface area (Å²) in [6.07, 6.45) is 5.54. The normalized spacial score (nSPS) is 23.3. The Labute approximate surface area is 109 Å². The van der Waals surface area contributed by atoms with E-state index >= 15 is 0 Å². The minimum absolute atomic E-state index is 0.0229. The Hall–Kier alpha value is -1.64. The molecule has 1 aliphatic rings. The molecule has 2 atom stereocenters. The molecule has 0 spiro atoms. The Morgan fingerprint density at radius 1 is 1.50 bits per heavy atom. The van der Waals surface area contributed by atoms with Crippen molar-refractivity contribution in [3.05, 3.63) is 23.7 Å². The molecule has 18 heavy (non-hydrogen) atoms. The average Bonchev–Trinajstić information content (AvgIpc) is 2.96. The van der Waals surface area contributed by atoms with Gasteiger partial charge in [0.15, 0.2) is 0 Å². The number of nitriles is 1. The molecular weight excluding hydrogens is 252 g/mol. The van der Waals surface area contributed by atoms with Crippen molar-refractivity contribution in [2.45, 2.75) is 31.6 Å². The molecule has 0 saturated carbocycles. The van der Waals surface area contributed by atoms with Crippen LogP contribution in [0.2, 0.25) is 5.15 Å². The molecule has 1 saturated heterocycles. The summed E-state index contributed by atoms with van der Waals surface area (Å²) >= 11 is 6.01. The number of hydrogen-bond acceptors (Lipinski definition) is 4. The number of nitrogens with zero attached hydrogens (tertiary/aromatic N) is 4. The van der Waals surface area contributed by atoms with Crippen molar-refractivity contribution in [1.29, 1.82) is 5.26 Å². The summed E-state index contributed by atoms with van der Waals surface area (Å²) < 4.78 is 7.79. The monoisotopic (exact) mass is 262 g/mol. The molecule has 0 amide bonds. The summed E-state index contributed by atoms with van der Waals surface area (Å²) in [6.45, 7) is 0. The van der Waals surface area contributed by atoms with Gasteiger partial charge in [-0.15, -0.1) is 0 Å². The van der Waals surface area contributed by atoms with Crippen LogP contribution >= 0.6 is 11.6 Å². The van der Waals surface area contributed by atoms with Crippen molar-refractivity contribution in [2.24, 2.45) is 0 Å². The second-order valence-corrected chi connectivity index (χ2v) is 4.64. The molecule has 0 aromatic carbocycles. The maximum atomic E-state index is 8.68. The lowest BCUT2D eigenvalue weighted by Gasteiger charge is -2.14. The summed E-state index contributed by atoms with van der Waals surface area (Å²) in [5.41, 5.74) is 0.776. The number of aromatic nitrogens is 3. The molecule has 0 unspecified atom stereocenters. The zero-order valence-electron chi connectivity index (χ0n) is 9.58. The molecule has 2 aromatic heterocycles. The van der Waals surface area contributed by atoms with E-state index in [9.17, 15) is 0 Å². The first-order valence-corrected chi connectivity index (χ1v) is 6.17. The highest BCUT2D eigenvalue weighted by Gasteiger charge is 2.27.